The van der Waals surface area contributed by atoms with Gasteiger partial charge in [0.15, 0.2) is 5.78 Å². The third-order valence-electron chi connectivity index (χ3n) is 6.31. The summed E-state index contributed by atoms with van der Waals surface area (Å²) >= 11 is 0. The maximum Gasteiger partial charge on any atom is 0.161 e. The Hall–Kier alpha value is -2.60. The molecule has 1 fully saturated rings. The maximum atomic E-state index is 15.3. The van der Waals surface area contributed by atoms with Crippen LogP contribution >= 0.6 is 0 Å². The van der Waals surface area contributed by atoms with Crippen LogP contribution in [0.25, 0.3) is 0 Å². The number of nitrogen functional groups attached to an aromatic ring is 1. The molecule has 2 aromatic carbocycles. The van der Waals surface area contributed by atoms with Gasteiger partial charge in [-0.05, 0) is 50.2 Å². The predicted molar refractivity (Wildman–Crippen MR) is 113 cm³/mol. The molecule has 154 valence electrons. The van der Waals surface area contributed by atoms with Gasteiger partial charge in [-0.2, -0.15) is 0 Å². The van der Waals surface area contributed by atoms with Crippen molar-refractivity contribution >= 4 is 22.8 Å². The Labute approximate surface area is 170 Å². The number of aromatic hydroxyl groups is 1. The lowest BCUT2D eigenvalue weighted by atomic mass is 9.65. The first kappa shape index (κ1) is 19.7. The van der Waals surface area contributed by atoms with E-state index < -0.39 is 16.9 Å². The van der Waals surface area contributed by atoms with E-state index in [0.717, 1.165) is 0 Å². The lowest BCUT2D eigenvalue weighted by Gasteiger charge is -2.43. The van der Waals surface area contributed by atoms with E-state index in [4.69, 9.17) is 5.73 Å². The fraction of sp³-hybridized carbons (Fsp3) is 0.435. The quantitative estimate of drug-likeness (QED) is 0.671. The Balaban J connectivity index is 2.06. The summed E-state index contributed by atoms with van der Waals surface area (Å²) < 4.78 is 15.3. The van der Waals surface area contributed by atoms with Crippen molar-refractivity contribution in [2.24, 2.45) is 5.41 Å². The van der Waals surface area contributed by atoms with Gasteiger partial charge in [-0.1, -0.05) is 32.9 Å². The van der Waals surface area contributed by atoms with Crippen LogP contribution in [0.2, 0.25) is 0 Å². The molecule has 2 aromatic rings. The number of anilines is 3. The number of piperidine rings is 1. The average Bonchev–Trinajstić information content (AvgIpc) is 2.95. The molecule has 0 saturated carbocycles. The van der Waals surface area contributed by atoms with Gasteiger partial charge in [-0.25, -0.2) is 4.39 Å². The number of hydrogen-bond acceptors (Lipinski definition) is 5. The van der Waals surface area contributed by atoms with Crippen LogP contribution in [0.1, 0.15) is 39.2 Å². The highest BCUT2D eigenvalue weighted by atomic mass is 19.1. The van der Waals surface area contributed by atoms with Crippen molar-refractivity contribution in [3.8, 4) is 5.75 Å². The van der Waals surface area contributed by atoms with Crippen molar-refractivity contribution in [1.29, 1.82) is 0 Å². The molecule has 6 heteroatoms. The second-order valence-corrected chi connectivity index (χ2v) is 9.14. The highest BCUT2D eigenvalue weighted by Gasteiger charge is 2.58. The molecule has 29 heavy (non-hydrogen) atoms. The van der Waals surface area contributed by atoms with Gasteiger partial charge >= 0.3 is 0 Å². The van der Waals surface area contributed by atoms with E-state index in [1.54, 1.807) is 11.0 Å². The van der Waals surface area contributed by atoms with Gasteiger partial charge in [-0.3, -0.25) is 4.79 Å². The molecule has 0 aliphatic carbocycles. The van der Waals surface area contributed by atoms with E-state index in [2.05, 4.69) is 5.32 Å². The number of carbonyl (C=O) groups is 1. The molecule has 2 aliphatic rings. The van der Waals surface area contributed by atoms with E-state index in [1.807, 2.05) is 39.0 Å². The van der Waals surface area contributed by atoms with Crippen LogP contribution in [0.4, 0.5) is 21.5 Å². The Morgan fingerprint density at radius 1 is 1.21 bits per heavy atom. The third-order valence-corrected chi connectivity index (χ3v) is 6.31. The number of phenolic OH excluding ortho intramolecular Hbond substituents is 1. The highest BCUT2D eigenvalue weighted by molar-refractivity contribution is 6.00. The van der Waals surface area contributed by atoms with Gasteiger partial charge in [0.1, 0.15) is 17.6 Å². The van der Waals surface area contributed by atoms with Gasteiger partial charge in [0.2, 0.25) is 0 Å². The zero-order chi connectivity index (χ0) is 21.0. The van der Waals surface area contributed by atoms with Crippen LogP contribution in [0.5, 0.6) is 5.75 Å². The van der Waals surface area contributed by atoms with Gasteiger partial charge in [0.25, 0.3) is 0 Å². The van der Waals surface area contributed by atoms with Crippen LogP contribution in [-0.4, -0.2) is 30.0 Å². The molecule has 1 unspecified atom stereocenters. The number of Topliss-reactive ketones (excluding diaryl/α,β-unsaturated/α-hetero) is 1. The van der Waals surface area contributed by atoms with Crippen LogP contribution in [0.15, 0.2) is 36.4 Å². The zero-order valence-corrected chi connectivity index (χ0v) is 17.1. The Morgan fingerprint density at radius 3 is 2.48 bits per heavy atom. The topological polar surface area (TPSA) is 78.6 Å². The number of hydrogen-bond donors (Lipinski definition) is 3. The number of carbonyl (C=O) groups excluding carboxylic acids is 1. The minimum absolute atomic E-state index is 0.0117. The second kappa shape index (κ2) is 6.73. The minimum atomic E-state index is -0.726. The summed E-state index contributed by atoms with van der Waals surface area (Å²) in [4.78, 5) is 15.6. The van der Waals surface area contributed by atoms with Crippen molar-refractivity contribution in [3.05, 3.63) is 47.8 Å². The van der Waals surface area contributed by atoms with Crippen molar-refractivity contribution in [1.82, 2.24) is 5.32 Å². The predicted octanol–water partition coefficient (Wildman–Crippen LogP) is 3.87. The van der Waals surface area contributed by atoms with Gasteiger partial charge in [0.05, 0.1) is 17.1 Å². The number of nitrogens with zero attached hydrogens (tertiary/aromatic N) is 1. The number of fused-ring (bicyclic) bond motifs is 2. The first-order chi connectivity index (χ1) is 13.7. The monoisotopic (exact) mass is 397 g/mol. The Bertz CT molecular complexity index is 961. The SMILES string of the molecule is CC(C)(C)C(=O)C1N(c2ccccc2N)c2c(O)ccc(F)c2C12CCNCC2. The van der Waals surface area contributed by atoms with Gasteiger partial charge in [0, 0.05) is 16.4 Å². The Morgan fingerprint density at radius 2 is 1.86 bits per heavy atom. The summed E-state index contributed by atoms with van der Waals surface area (Å²) in [5.41, 5.74) is 6.83. The van der Waals surface area contributed by atoms with E-state index in [-0.39, 0.29) is 17.3 Å². The van der Waals surface area contributed by atoms with Crippen LogP contribution in [0, 0.1) is 11.2 Å². The molecule has 1 spiro atoms. The fourth-order valence-electron chi connectivity index (χ4n) is 4.93. The van der Waals surface area contributed by atoms with Gasteiger partial charge in [-0.15, -0.1) is 0 Å². The number of benzene rings is 2. The zero-order valence-electron chi connectivity index (χ0n) is 17.1. The molecule has 0 radical (unpaired) electrons. The van der Waals surface area contributed by atoms with Crippen LogP contribution in [-0.2, 0) is 10.2 Å². The molecule has 0 aromatic heterocycles. The molecule has 4 N–H and O–H groups in total. The maximum absolute atomic E-state index is 15.3. The number of nitrogens with one attached hydrogen (secondary N) is 1. The molecule has 1 saturated heterocycles. The molecular weight excluding hydrogens is 369 g/mol. The van der Waals surface area contributed by atoms with Crippen LogP contribution in [0.3, 0.4) is 0 Å². The summed E-state index contributed by atoms with van der Waals surface area (Å²) in [5, 5.41) is 14.1. The number of ketones is 1. The third kappa shape index (κ3) is 2.89. The van der Waals surface area contributed by atoms with E-state index in [1.165, 1.54) is 12.1 Å². The molecule has 0 amide bonds. The van der Waals surface area contributed by atoms with Crippen molar-refractivity contribution in [2.45, 2.75) is 45.1 Å². The van der Waals surface area contributed by atoms with Crippen molar-refractivity contribution in [3.63, 3.8) is 0 Å². The second-order valence-electron chi connectivity index (χ2n) is 9.14. The Kier molecular flexibility index (Phi) is 4.57. The lowest BCUT2D eigenvalue weighted by Crippen LogP contribution is -2.56. The summed E-state index contributed by atoms with van der Waals surface area (Å²) in [6.07, 6.45) is 1.21. The number of phenols is 1. The molecule has 1 atom stereocenters. The largest absolute Gasteiger partial charge is 0.506 e. The van der Waals surface area contributed by atoms with Crippen molar-refractivity contribution < 1.29 is 14.3 Å². The first-order valence-corrected chi connectivity index (χ1v) is 10.1. The molecule has 0 bridgehead atoms. The molecular formula is C23H28FN3O2. The number of para-hydroxylation sites is 2. The lowest BCUT2D eigenvalue weighted by molar-refractivity contribution is -0.129. The molecule has 2 heterocycles. The minimum Gasteiger partial charge on any atom is -0.506 e. The average molecular weight is 397 g/mol. The summed E-state index contributed by atoms with van der Waals surface area (Å²) in [5.74, 6) is -0.409. The number of nitrogens with two attached hydrogens (primary N) is 1. The standard InChI is InChI=1S/C23H28FN3O2/c1-22(2,3)21(29)20-23(10-12-26-13-11-23)18-14(24)8-9-17(28)19(18)27(20)16-7-5-4-6-15(16)25/h4-9,20,26,28H,10-13,25H2,1-3H3. The first-order valence-electron chi connectivity index (χ1n) is 10.1. The summed E-state index contributed by atoms with van der Waals surface area (Å²) in [7, 11) is 0. The summed E-state index contributed by atoms with van der Waals surface area (Å²) in [6.45, 7) is 7.02. The fourth-order valence-corrected chi connectivity index (χ4v) is 4.93. The molecule has 2 aliphatic heterocycles. The van der Waals surface area contributed by atoms with E-state index in [0.29, 0.717) is 48.6 Å². The smallest absolute Gasteiger partial charge is 0.161 e. The van der Waals surface area contributed by atoms with E-state index >= 15 is 4.39 Å². The van der Waals surface area contributed by atoms with E-state index in [9.17, 15) is 9.90 Å². The molecule has 4 rings (SSSR count). The van der Waals surface area contributed by atoms with Crippen LogP contribution < -0.4 is 16.0 Å². The van der Waals surface area contributed by atoms with Crippen molar-refractivity contribution in [2.75, 3.05) is 23.7 Å². The number of rotatable bonds is 2. The van der Waals surface area contributed by atoms with Gasteiger partial charge < -0.3 is 21.1 Å². The number of halogens is 1. The normalized spacial score (nSPS) is 20.7. The highest BCUT2D eigenvalue weighted by Crippen LogP contribution is 2.58. The molecule has 5 nitrogen and oxygen atoms in total. The summed E-state index contributed by atoms with van der Waals surface area (Å²) in [6, 6.07) is 9.26.